The molecule has 1 aliphatic heterocycles. The number of nitrogens with zero attached hydrogens (tertiary/aromatic N) is 5. The molecule has 2 atom stereocenters. The summed E-state index contributed by atoms with van der Waals surface area (Å²) in [5, 5.41) is 19.5. The van der Waals surface area contributed by atoms with E-state index < -0.39 is 12.3 Å². The van der Waals surface area contributed by atoms with Crippen molar-refractivity contribution in [3.8, 4) is 5.75 Å². The van der Waals surface area contributed by atoms with Gasteiger partial charge >= 0.3 is 5.69 Å². The van der Waals surface area contributed by atoms with E-state index in [2.05, 4.69) is 41.8 Å². The summed E-state index contributed by atoms with van der Waals surface area (Å²) in [6, 6.07) is 13.0. The molecule has 6 rings (SSSR count). The normalized spacial score (nSPS) is 16.9. The molecule has 2 amide bonds. The van der Waals surface area contributed by atoms with E-state index in [1.165, 1.54) is 0 Å². The number of imidazole rings is 1. The number of rotatable bonds is 23. The number of fused-ring (bicyclic) bond motifs is 1. The number of carbonyl (C=O) groups excluding carboxylic acids is 2. The van der Waals surface area contributed by atoms with E-state index >= 15 is 0 Å². The SMILES string of the molecule is CN(CCCNc1nc(Nc2ccc(OCCOCCOCCOCCCc3ccc4c(c3)n(C)c(=O)n4C3CCC(=O)NC3O)cc2)ncc1Br)C(=O)C1CCC1. The van der Waals surface area contributed by atoms with Gasteiger partial charge in [-0.2, -0.15) is 4.98 Å². The molecule has 3 heterocycles. The molecule has 58 heavy (non-hydrogen) atoms. The third-order valence-corrected chi connectivity index (χ3v) is 11.0. The standard InChI is InChI=1S/C41H55BrN8O8/c1-48(39(53)29-7-3-8-29)18-5-17-43-37-32(42)27-44-40(47-37)45-30-10-12-31(13-11-30)58-25-24-57-23-22-56-21-20-55-19-4-6-28-9-14-33-35(26-28)49(2)41(54)50(33)34-15-16-36(51)46-38(34)52/h9-14,26-27,29,34,38,52H,3-8,15-25H2,1-2H3,(H,46,51)(H2,43,44,45,47). The number of benzene rings is 2. The van der Waals surface area contributed by atoms with Gasteiger partial charge in [0.15, 0.2) is 0 Å². The van der Waals surface area contributed by atoms with Crippen molar-refractivity contribution < 1.29 is 33.6 Å². The average Bonchev–Trinajstić information content (AvgIpc) is 3.44. The number of aliphatic hydroxyl groups is 1. The maximum atomic E-state index is 13.0. The summed E-state index contributed by atoms with van der Waals surface area (Å²) in [7, 11) is 3.60. The lowest BCUT2D eigenvalue weighted by Crippen LogP contribution is -2.47. The van der Waals surface area contributed by atoms with Crippen LogP contribution < -0.4 is 26.4 Å². The van der Waals surface area contributed by atoms with Crippen molar-refractivity contribution in [2.24, 2.45) is 13.0 Å². The van der Waals surface area contributed by atoms with Crippen LogP contribution in [0.1, 0.15) is 56.6 Å². The Morgan fingerprint density at radius 3 is 2.40 bits per heavy atom. The Kier molecular flexibility index (Phi) is 15.9. The van der Waals surface area contributed by atoms with Gasteiger partial charge in [-0.05, 0) is 96.4 Å². The van der Waals surface area contributed by atoms with Gasteiger partial charge in [0.25, 0.3) is 0 Å². The van der Waals surface area contributed by atoms with Crippen LogP contribution in [0.5, 0.6) is 5.75 Å². The van der Waals surface area contributed by atoms with Crippen molar-refractivity contribution in [2.45, 2.75) is 63.6 Å². The summed E-state index contributed by atoms with van der Waals surface area (Å²) in [6.45, 7) is 4.68. The van der Waals surface area contributed by atoms with E-state index in [0.29, 0.717) is 77.5 Å². The quantitative estimate of drug-likeness (QED) is 0.0767. The Balaban J connectivity index is 0.781. The first-order chi connectivity index (χ1) is 28.2. The predicted molar refractivity (Wildman–Crippen MR) is 223 cm³/mol. The van der Waals surface area contributed by atoms with Gasteiger partial charge in [0.2, 0.25) is 17.8 Å². The molecule has 0 bridgehead atoms. The topological polar surface area (TPSA) is 183 Å². The fraction of sp³-hybridized carbons (Fsp3) is 0.537. The van der Waals surface area contributed by atoms with Crippen LogP contribution in [0.3, 0.4) is 0 Å². The highest BCUT2D eigenvalue weighted by Gasteiger charge is 2.31. The van der Waals surface area contributed by atoms with Gasteiger partial charge in [0.05, 0.1) is 54.6 Å². The fourth-order valence-electron chi connectivity index (χ4n) is 6.98. The largest absolute Gasteiger partial charge is 0.491 e. The van der Waals surface area contributed by atoms with Gasteiger partial charge in [-0.1, -0.05) is 12.5 Å². The zero-order valence-electron chi connectivity index (χ0n) is 33.3. The van der Waals surface area contributed by atoms with Gasteiger partial charge in [0, 0.05) is 58.0 Å². The molecule has 2 aromatic carbocycles. The molecule has 314 valence electrons. The fourth-order valence-corrected chi connectivity index (χ4v) is 7.31. The first kappa shape index (κ1) is 43.0. The Labute approximate surface area is 346 Å². The molecular weight excluding hydrogens is 812 g/mol. The van der Waals surface area contributed by atoms with Crippen LogP contribution in [0.2, 0.25) is 0 Å². The van der Waals surface area contributed by atoms with Crippen molar-refractivity contribution in [3.05, 3.63) is 69.2 Å². The molecule has 0 spiro atoms. The molecule has 2 fully saturated rings. The van der Waals surface area contributed by atoms with E-state index in [0.717, 1.165) is 71.0 Å². The van der Waals surface area contributed by atoms with Gasteiger partial charge in [-0.15, -0.1) is 0 Å². The van der Waals surface area contributed by atoms with Crippen LogP contribution in [0.25, 0.3) is 11.0 Å². The third-order valence-electron chi connectivity index (χ3n) is 10.5. The molecular formula is C41H55BrN8O8. The molecule has 2 aromatic heterocycles. The maximum Gasteiger partial charge on any atom is 0.329 e. The third kappa shape index (κ3) is 11.8. The number of anilines is 3. The molecule has 1 saturated carbocycles. The lowest BCUT2D eigenvalue weighted by molar-refractivity contribution is -0.136. The van der Waals surface area contributed by atoms with Crippen molar-refractivity contribution >= 4 is 56.2 Å². The summed E-state index contributed by atoms with van der Waals surface area (Å²) in [6.07, 6.45) is 6.90. The van der Waals surface area contributed by atoms with Crippen LogP contribution in [-0.4, -0.2) is 114 Å². The number of amides is 2. The maximum absolute atomic E-state index is 13.0. The van der Waals surface area contributed by atoms with Crippen LogP contribution in [0.4, 0.5) is 17.5 Å². The van der Waals surface area contributed by atoms with E-state index in [4.69, 9.17) is 18.9 Å². The lowest BCUT2D eigenvalue weighted by atomic mass is 9.84. The molecule has 0 radical (unpaired) electrons. The van der Waals surface area contributed by atoms with Crippen molar-refractivity contribution in [1.29, 1.82) is 0 Å². The van der Waals surface area contributed by atoms with E-state index in [1.807, 2.05) is 54.4 Å². The molecule has 16 nitrogen and oxygen atoms in total. The molecule has 17 heteroatoms. The van der Waals surface area contributed by atoms with Gasteiger partial charge in [0.1, 0.15) is 24.4 Å². The number of nitrogens with one attached hydrogen (secondary N) is 3. The Morgan fingerprint density at radius 1 is 0.966 bits per heavy atom. The van der Waals surface area contributed by atoms with Gasteiger partial charge < -0.3 is 44.9 Å². The number of carbonyl (C=O) groups is 2. The number of piperidine rings is 1. The predicted octanol–water partition coefficient (Wildman–Crippen LogP) is 4.53. The summed E-state index contributed by atoms with van der Waals surface area (Å²) in [4.78, 5) is 47.8. The van der Waals surface area contributed by atoms with Crippen LogP contribution >= 0.6 is 15.9 Å². The smallest absolute Gasteiger partial charge is 0.329 e. The Hall–Kier alpha value is -4.55. The highest BCUT2D eigenvalue weighted by atomic mass is 79.9. The number of aliphatic hydroxyl groups excluding tert-OH is 1. The summed E-state index contributed by atoms with van der Waals surface area (Å²) < 4.78 is 26.8. The van der Waals surface area contributed by atoms with Crippen LogP contribution in [0.15, 0.2) is 57.9 Å². The number of halogens is 1. The average molecular weight is 868 g/mol. The minimum atomic E-state index is -1.09. The highest BCUT2D eigenvalue weighted by Crippen LogP contribution is 2.29. The molecule has 4 aromatic rings. The molecule has 2 unspecified atom stereocenters. The minimum absolute atomic E-state index is 0.211. The van der Waals surface area contributed by atoms with Crippen molar-refractivity contribution in [2.75, 3.05) is 77.0 Å². The summed E-state index contributed by atoms with van der Waals surface area (Å²) in [5.41, 5.74) is 3.23. The number of aryl methyl sites for hydroxylation is 2. The van der Waals surface area contributed by atoms with Crippen LogP contribution in [-0.2, 0) is 37.3 Å². The van der Waals surface area contributed by atoms with Gasteiger partial charge in [-0.25, -0.2) is 9.78 Å². The van der Waals surface area contributed by atoms with Gasteiger partial charge in [-0.3, -0.25) is 18.7 Å². The highest BCUT2D eigenvalue weighted by molar-refractivity contribution is 9.10. The number of aromatic nitrogens is 4. The summed E-state index contributed by atoms with van der Waals surface area (Å²) in [5.74, 6) is 2.13. The Morgan fingerprint density at radius 2 is 1.69 bits per heavy atom. The second-order valence-corrected chi connectivity index (χ2v) is 15.5. The first-order valence-corrected chi connectivity index (χ1v) is 20.9. The zero-order chi connectivity index (χ0) is 40.9. The zero-order valence-corrected chi connectivity index (χ0v) is 34.9. The Bertz CT molecular complexity index is 2020. The second-order valence-electron chi connectivity index (χ2n) is 14.6. The lowest BCUT2D eigenvalue weighted by Gasteiger charge is -2.29. The molecule has 2 aliphatic rings. The monoisotopic (exact) mass is 866 g/mol. The van der Waals surface area contributed by atoms with Crippen LogP contribution in [0, 0.1) is 5.92 Å². The van der Waals surface area contributed by atoms with Crippen molar-refractivity contribution in [3.63, 3.8) is 0 Å². The number of hydrogen-bond acceptors (Lipinski definition) is 12. The first-order valence-electron chi connectivity index (χ1n) is 20.1. The van der Waals surface area contributed by atoms with E-state index in [1.54, 1.807) is 22.4 Å². The number of hydrogen-bond donors (Lipinski definition) is 4. The second kappa shape index (κ2) is 21.5. The molecule has 1 aliphatic carbocycles. The molecule has 4 N–H and O–H groups in total. The van der Waals surface area contributed by atoms with E-state index in [-0.39, 0.29) is 29.8 Å². The van der Waals surface area contributed by atoms with E-state index in [9.17, 15) is 19.5 Å². The molecule has 1 saturated heterocycles. The summed E-state index contributed by atoms with van der Waals surface area (Å²) >= 11 is 3.51. The van der Waals surface area contributed by atoms with Crippen molar-refractivity contribution in [1.82, 2.24) is 29.3 Å². The number of ether oxygens (including phenoxy) is 4. The minimum Gasteiger partial charge on any atom is -0.491 e.